The molecule has 4 N–H and O–H groups in total. The first kappa shape index (κ1) is 7.75. The van der Waals surface area contributed by atoms with Gasteiger partial charge in [-0.2, -0.15) is 0 Å². The van der Waals surface area contributed by atoms with Gasteiger partial charge in [0.25, 0.3) is 0 Å². The minimum Gasteiger partial charge on any atom is -0.446 e. The van der Waals surface area contributed by atoms with E-state index >= 15 is 0 Å². The standard InChI is InChI=1S/C10H8N4O2/c1-3-15-9-5(1)11-7(13-9)8-12-6-2-4-16-10(6)14-8/h1-4,11-14H/b8-7+. The summed E-state index contributed by atoms with van der Waals surface area (Å²) in [6.07, 6.45) is 3.26. The largest absolute Gasteiger partial charge is 0.446 e. The average Bonchev–Trinajstić information content (AvgIpc) is 2.94. The van der Waals surface area contributed by atoms with Crippen LogP contribution < -0.4 is 21.3 Å². The Morgan fingerprint density at radius 3 is 1.62 bits per heavy atom. The first-order chi connectivity index (χ1) is 7.90. The number of nitrogens with one attached hydrogen (secondary N) is 4. The lowest BCUT2D eigenvalue weighted by Crippen LogP contribution is -2.12. The Morgan fingerprint density at radius 2 is 1.19 bits per heavy atom. The van der Waals surface area contributed by atoms with Crippen molar-refractivity contribution in [2.45, 2.75) is 0 Å². The van der Waals surface area contributed by atoms with Crippen molar-refractivity contribution < 1.29 is 8.83 Å². The molecule has 2 aromatic heterocycles. The van der Waals surface area contributed by atoms with E-state index in [9.17, 15) is 0 Å². The van der Waals surface area contributed by atoms with Gasteiger partial charge in [0, 0.05) is 12.1 Å². The fourth-order valence-corrected chi connectivity index (χ4v) is 1.82. The third kappa shape index (κ3) is 0.902. The highest BCUT2D eigenvalue weighted by molar-refractivity contribution is 5.80. The third-order valence-corrected chi connectivity index (χ3v) is 2.58. The summed E-state index contributed by atoms with van der Waals surface area (Å²) in [4.78, 5) is 0. The number of rotatable bonds is 0. The van der Waals surface area contributed by atoms with Crippen LogP contribution in [0.15, 0.2) is 45.1 Å². The molecule has 2 aliphatic rings. The maximum absolute atomic E-state index is 5.24. The predicted octanol–water partition coefficient (Wildman–Crippen LogP) is 2.37. The monoisotopic (exact) mass is 216 g/mol. The zero-order chi connectivity index (χ0) is 10.5. The Labute approximate surface area is 90.3 Å². The molecule has 0 radical (unpaired) electrons. The van der Waals surface area contributed by atoms with E-state index in [-0.39, 0.29) is 0 Å². The van der Waals surface area contributed by atoms with Gasteiger partial charge in [0.15, 0.2) is 11.6 Å². The van der Waals surface area contributed by atoms with Gasteiger partial charge in [-0.1, -0.05) is 0 Å². The Hall–Kier alpha value is -2.50. The number of hydrogen-bond acceptors (Lipinski definition) is 6. The average molecular weight is 216 g/mol. The lowest BCUT2D eigenvalue weighted by molar-refractivity contribution is 0.585. The highest BCUT2D eigenvalue weighted by Crippen LogP contribution is 2.36. The highest BCUT2D eigenvalue weighted by Gasteiger charge is 2.25. The van der Waals surface area contributed by atoms with Crippen LogP contribution in [-0.2, 0) is 0 Å². The van der Waals surface area contributed by atoms with Gasteiger partial charge in [0.1, 0.15) is 11.4 Å². The fraction of sp³-hybridized carbons (Fsp3) is 0. The maximum atomic E-state index is 5.24. The summed E-state index contributed by atoms with van der Waals surface area (Å²) < 4.78 is 10.5. The molecule has 0 saturated carbocycles. The Kier molecular flexibility index (Phi) is 1.23. The Morgan fingerprint density at radius 1 is 0.688 bits per heavy atom. The quantitative estimate of drug-likeness (QED) is 0.541. The minimum atomic E-state index is 0.717. The SMILES string of the molecule is c1cc2c(o1)N/C(=C1\Nc3ccoc3N1)N2. The molecule has 4 heterocycles. The lowest BCUT2D eigenvalue weighted by Gasteiger charge is -2.06. The second-order valence-electron chi connectivity index (χ2n) is 3.58. The second-order valence-corrected chi connectivity index (χ2v) is 3.58. The van der Waals surface area contributed by atoms with Crippen LogP contribution >= 0.6 is 0 Å². The molecule has 0 bridgehead atoms. The van der Waals surface area contributed by atoms with Crippen LogP contribution in [0.2, 0.25) is 0 Å². The zero-order valence-corrected chi connectivity index (χ0v) is 8.13. The molecule has 0 unspecified atom stereocenters. The van der Waals surface area contributed by atoms with Crippen molar-refractivity contribution >= 4 is 23.1 Å². The molecule has 16 heavy (non-hydrogen) atoms. The Balaban J connectivity index is 1.69. The predicted molar refractivity (Wildman–Crippen MR) is 58.9 cm³/mol. The van der Waals surface area contributed by atoms with Gasteiger partial charge in [0.2, 0.25) is 11.8 Å². The molecule has 2 aliphatic heterocycles. The molecule has 0 saturated heterocycles. The van der Waals surface area contributed by atoms with E-state index in [4.69, 9.17) is 8.83 Å². The molecule has 0 fully saturated rings. The molecule has 6 heteroatoms. The summed E-state index contributed by atoms with van der Waals surface area (Å²) >= 11 is 0. The molecule has 0 aliphatic carbocycles. The van der Waals surface area contributed by atoms with Crippen LogP contribution in [0.25, 0.3) is 0 Å². The summed E-state index contributed by atoms with van der Waals surface area (Å²) in [6.45, 7) is 0. The third-order valence-electron chi connectivity index (χ3n) is 2.58. The molecular weight excluding hydrogens is 208 g/mol. The van der Waals surface area contributed by atoms with Gasteiger partial charge in [-0.05, 0) is 0 Å². The van der Waals surface area contributed by atoms with Crippen molar-refractivity contribution in [3.05, 3.63) is 36.3 Å². The molecule has 0 amide bonds. The van der Waals surface area contributed by atoms with E-state index in [0.717, 1.165) is 34.8 Å². The van der Waals surface area contributed by atoms with E-state index in [1.165, 1.54) is 0 Å². The molecule has 0 aromatic carbocycles. The first-order valence-electron chi connectivity index (χ1n) is 4.87. The first-order valence-corrected chi connectivity index (χ1v) is 4.87. The minimum absolute atomic E-state index is 0.717. The summed E-state index contributed by atoms with van der Waals surface area (Å²) in [5, 5.41) is 12.6. The molecular formula is C10H8N4O2. The normalized spacial score (nSPS) is 20.5. The van der Waals surface area contributed by atoms with E-state index in [1.54, 1.807) is 12.5 Å². The molecule has 0 atom stereocenters. The maximum Gasteiger partial charge on any atom is 0.222 e. The van der Waals surface area contributed by atoms with Gasteiger partial charge < -0.3 is 30.1 Å². The van der Waals surface area contributed by atoms with E-state index in [1.807, 2.05) is 12.1 Å². The van der Waals surface area contributed by atoms with E-state index in [0.29, 0.717) is 0 Å². The fourth-order valence-electron chi connectivity index (χ4n) is 1.82. The van der Waals surface area contributed by atoms with Crippen LogP contribution in [0.1, 0.15) is 0 Å². The molecule has 80 valence electrons. The smallest absolute Gasteiger partial charge is 0.222 e. The van der Waals surface area contributed by atoms with Crippen LogP contribution in [0.4, 0.5) is 23.1 Å². The van der Waals surface area contributed by atoms with Gasteiger partial charge >= 0.3 is 0 Å². The highest BCUT2D eigenvalue weighted by atomic mass is 16.3. The van der Waals surface area contributed by atoms with Crippen molar-refractivity contribution in [1.29, 1.82) is 0 Å². The van der Waals surface area contributed by atoms with Crippen LogP contribution in [0.3, 0.4) is 0 Å². The van der Waals surface area contributed by atoms with Crippen molar-refractivity contribution in [1.82, 2.24) is 0 Å². The molecule has 4 rings (SSSR count). The Bertz CT molecular complexity index is 498. The number of furan rings is 2. The molecule has 2 aromatic rings. The van der Waals surface area contributed by atoms with Crippen molar-refractivity contribution in [3.8, 4) is 0 Å². The number of anilines is 4. The number of fused-ring (bicyclic) bond motifs is 2. The van der Waals surface area contributed by atoms with Crippen molar-refractivity contribution in [2.75, 3.05) is 21.3 Å². The van der Waals surface area contributed by atoms with Crippen LogP contribution in [0, 0.1) is 0 Å². The summed E-state index contributed by atoms with van der Waals surface area (Å²) in [6, 6.07) is 3.73. The van der Waals surface area contributed by atoms with Crippen molar-refractivity contribution in [2.24, 2.45) is 0 Å². The molecule has 0 spiro atoms. The van der Waals surface area contributed by atoms with E-state index in [2.05, 4.69) is 21.3 Å². The summed E-state index contributed by atoms with van der Waals surface area (Å²) in [7, 11) is 0. The van der Waals surface area contributed by atoms with Gasteiger partial charge in [-0.15, -0.1) is 0 Å². The second kappa shape index (κ2) is 2.54. The van der Waals surface area contributed by atoms with Gasteiger partial charge in [-0.25, -0.2) is 0 Å². The zero-order valence-electron chi connectivity index (χ0n) is 8.13. The number of hydrogen-bond donors (Lipinski definition) is 4. The topological polar surface area (TPSA) is 74.4 Å². The lowest BCUT2D eigenvalue weighted by atomic mass is 10.5. The van der Waals surface area contributed by atoms with Crippen LogP contribution in [0.5, 0.6) is 0 Å². The van der Waals surface area contributed by atoms with Crippen molar-refractivity contribution in [3.63, 3.8) is 0 Å². The summed E-state index contributed by atoms with van der Waals surface area (Å²) in [5.41, 5.74) is 1.85. The van der Waals surface area contributed by atoms with Gasteiger partial charge in [0.05, 0.1) is 12.5 Å². The molecule has 6 nitrogen and oxygen atoms in total. The van der Waals surface area contributed by atoms with E-state index < -0.39 is 0 Å². The van der Waals surface area contributed by atoms with Gasteiger partial charge in [-0.3, -0.25) is 0 Å². The van der Waals surface area contributed by atoms with Crippen LogP contribution in [-0.4, -0.2) is 0 Å². The summed E-state index contributed by atoms with van der Waals surface area (Å²) in [5.74, 6) is 3.07.